The van der Waals surface area contributed by atoms with Crippen molar-refractivity contribution in [1.82, 2.24) is 15.5 Å². The zero-order valence-corrected chi connectivity index (χ0v) is 17.2. The molecule has 1 fully saturated rings. The molecule has 0 saturated carbocycles. The molecule has 8 nitrogen and oxygen atoms in total. The number of ether oxygens (including phenoxy) is 2. The van der Waals surface area contributed by atoms with Crippen molar-refractivity contribution in [3.8, 4) is 5.75 Å². The van der Waals surface area contributed by atoms with Gasteiger partial charge in [0.2, 0.25) is 5.91 Å². The summed E-state index contributed by atoms with van der Waals surface area (Å²) in [5, 5.41) is 5.38. The average Bonchev–Trinajstić information content (AvgIpc) is 2.62. The lowest BCUT2D eigenvalue weighted by atomic mass is 10.1. The van der Waals surface area contributed by atoms with Crippen molar-refractivity contribution in [2.45, 2.75) is 12.5 Å². The Morgan fingerprint density at radius 1 is 1.42 bits per heavy atom. The van der Waals surface area contributed by atoms with E-state index >= 15 is 0 Å². The minimum Gasteiger partial charge on any atom is -0.496 e. The molecule has 0 spiro atoms. The van der Waals surface area contributed by atoms with Gasteiger partial charge in [0.15, 0.2) is 5.11 Å². The number of esters is 1. The number of thiocarbonyl (C=S) groups is 1. The molecule has 1 aromatic rings. The van der Waals surface area contributed by atoms with Gasteiger partial charge in [-0.25, -0.2) is 0 Å². The Labute approximate surface area is 169 Å². The van der Waals surface area contributed by atoms with Crippen molar-refractivity contribution in [3.05, 3.63) is 27.3 Å². The van der Waals surface area contributed by atoms with E-state index in [4.69, 9.17) is 17.0 Å². The third kappa shape index (κ3) is 4.81. The molecule has 26 heavy (non-hydrogen) atoms. The number of carbonyl (C=O) groups excluding carboxylic acids is 3. The lowest BCUT2D eigenvalue weighted by Gasteiger charge is -2.36. The first-order chi connectivity index (χ1) is 12.4. The maximum absolute atomic E-state index is 12.5. The minimum absolute atomic E-state index is 0.0876. The van der Waals surface area contributed by atoms with Gasteiger partial charge in [-0.15, -0.1) is 0 Å². The van der Waals surface area contributed by atoms with Gasteiger partial charge in [-0.2, -0.15) is 0 Å². The predicted molar refractivity (Wildman–Crippen MR) is 106 cm³/mol. The van der Waals surface area contributed by atoms with Crippen molar-refractivity contribution in [2.24, 2.45) is 0 Å². The van der Waals surface area contributed by atoms with Crippen LogP contribution < -0.4 is 15.4 Å². The molecule has 0 aliphatic carbocycles. The topological polar surface area (TPSA) is 97.0 Å². The number of nitrogens with one attached hydrogen (secondary N) is 2. The summed E-state index contributed by atoms with van der Waals surface area (Å²) in [6, 6.07) is 4.16. The number of methoxy groups -OCH3 is 2. The van der Waals surface area contributed by atoms with E-state index < -0.39 is 17.9 Å². The highest BCUT2D eigenvalue weighted by Crippen LogP contribution is 2.21. The Morgan fingerprint density at radius 2 is 2.15 bits per heavy atom. The largest absolute Gasteiger partial charge is 0.496 e. The molecule has 1 heterocycles. The first-order valence-corrected chi connectivity index (χ1v) is 9.16. The van der Waals surface area contributed by atoms with Gasteiger partial charge in [0.25, 0.3) is 5.91 Å². The van der Waals surface area contributed by atoms with E-state index in [0.29, 0.717) is 24.4 Å². The quantitative estimate of drug-likeness (QED) is 0.363. The molecule has 2 rings (SSSR count). The number of carbonyl (C=O) groups is 3. The Kier molecular flexibility index (Phi) is 7.14. The summed E-state index contributed by atoms with van der Waals surface area (Å²) >= 11 is 7.35. The number of hydrogen-bond acceptors (Lipinski definition) is 6. The van der Waals surface area contributed by atoms with Crippen LogP contribution in [0.3, 0.4) is 0 Å². The molecule has 0 aromatic heterocycles. The summed E-state index contributed by atoms with van der Waals surface area (Å²) in [4.78, 5) is 37.6. The fourth-order valence-corrected chi connectivity index (χ4v) is 3.50. The Morgan fingerprint density at radius 3 is 2.77 bits per heavy atom. The Balaban J connectivity index is 2.11. The summed E-state index contributed by atoms with van der Waals surface area (Å²) in [5.41, 5.74) is 0.406. The summed E-state index contributed by atoms with van der Waals surface area (Å²) in [5.74, 6) is -0.609. The van der Waals surface area contributed by atoms with Crippen LogP contribution in [-0.4, -0.2) is 61.1 Å². The molecule has 1 aromatic carbocycles. The van der Waals surface area contributed by atoms with Crippen molar-refractivity contribution >= 4 is 57.7 Å². The monoisotopic (exact) mass is 491 g/mol. The lowest BCUT2D eigenvalue weighted by Crippen LogP contribution is -2.60. The van der Waals surface area contributed by atoms with Gasteiger partial charge in [-0.1, -0.05) is 0 Å². The van der Waals surface area contributed by atoms with E-state index in [-0.39, 0.29) is 17.4 Å². The van der Waals surface area contributed by atoms with Crippen LogP contribution >= 0.6 is 34.8 Å². The molecule has 0 radical (unpaired) electrons. The molecule has 2 N–H and O–H groups in total. The van der Waals surface area contributed by atoms with Gasteiger partial charge in [0.1, 0.15) is 11.8 Å². The van der Waals surface area contributed by atoms with Crippen LogP contribution in [0, 0.1) is 3.57 Å². The van der Waals surface area contributed by atoms with E-state index in [1.54, 1.807) is 25.3 Å². The molecule has 1 unspecified atom stereocenters. The van der Waals surface area contributed by atoms with Crippen molar-refractivity contribution in [3.63, 3.8) is 0 Å². The molecule has 1 aliphatic rings. The number of rotatable bonds is 4. The fraction of sp³-hybridized carbons (Fsp3) is 0.375. The zero-order chi connectivity index (χ0) is 19.3. The highest BCUT2D eigenvalue weighted by Gasteiger charge is 2.34. The first kappa shape index (κ1) is 20.4. The molecule has 10 heteroatoms. The molecule has 2 amide bonds. The average molecular weight is 491 g/mol. The van der Waals surface area contributed by atoms with Crippen LogP contribution in [0.1, 0.15) is 16.8 Å². The van der Waals surface area contributed by atoms with Gasteiger partial charge in [0.05, 0.1) is 24.2 Å². The van der Waals surface area contributed by atoms with Crippen LogP contribution in [0.2, 0.25) is 0 Å². The van der Waals surface area contributed by atoms with E-state index in [1.807, 2.05) is 0 Å². The van der Waals surface area contributed by atoms with Crippen molar-refractivity contribution in [1.29, 1.82) is 0 Å². The molecule has 140 valence electrons. The number of hydrogen-bond donors (Lipinski definition) is 2. The Bertz CT molecular complexity index is 743. The SMILES string of the molecule is COC(=O)CC1C(=O)NCCN1C(=S)NC(=O)c1ccc(OC)c(I)c1. The number of amides is 2. The second-order valence-electron chi connectivity index (χ2n) is 5.39. The van der Waals surface area contributed by atoms with Gasteiger partial charge in [-0.3, -0.25) is 19.7 Å². The molecule has 0 bridgehead atoms. The smallest absolute Gasteiger partial charge is 0.308 e. The highest BCUT2D eigenvalue weighted by molar-refractivity contribution is 14.1. The molecular weight excluding hydrogens is 473 g/mol. The third-order valence-electron chi connectivity index (χ3n) is 3.81. The first-order valence-electron chi connectivity index (χ1n) is 7.67. The van der Waals surface area contributed by atoms with Gasteiger partial charge in [0, 0.05) is 18.7 Å². The maximum Gasteiger partial charge on any atom is 0.308 e. The Hall–Kier alpha value is -1.95. The van der Waals surface area contributed by atoms with Crippen LogP contribution in [0.4, 0.5) is 0 Å². The van der Waals surface area contributed by atoms with Crippen LogP contribution in [-0.2, 0) is 14.3 Å². The predicted octanol–water partition coefficient (Wildman–Crippen LogP) is 0.678. The molecule has 1 aliphatic heterocycles. The van der Waals surface area contributed by atoms with Crippen LogP contribution in [0.25, 0.3) is 0 Å². The molecular formula is C16H18IN3O5S. The number of halogens is 1. The van der Waals surface area contributed by atoms with Gasteiger partial charge in [-0.05, 0) is 53.0 Å². The van der Waals surface area contributed by atoms with E-state index in [9.17, 15) is 14.4 Å². The van der Waals surface area contributed by atoms with Gasteiger partial charge >= 0.3 is 5.97 Å². The van der Waals surface area contributed by atoms with Crippen molar-refractivity contribution < 1.29 is 23.9 Å². The maximum atomic E-state index is 12.5. The summed E-state index contributed by atoms with van der Waals surface area (Å²) in [6.07, 6.45) is -0.154. The second kappa shape index (κ2) is 9.12. The fourth-order valence-electron chi connectivity index (χ4n) is 2.45. The summed E-state index contributed by atoms with van der Waals surface area (Å²) in [6.45, 7) is 0.750. The van der Waals surface area contributed by atoms with Gasteiger partial charge < -0.3 is 19.7 Å². The zero-order valence-electron chi connectivity index (χ0n) is 14.2. The molecule has 1 saturated heterocycles. The number of nitrogens with zero attached hydrogens (tertiary/aromatic N) is 1. The molecule has 1 atom stereocenters. The minimum atomic E-state index is -0.819. The normalized spacial score (nSPS) is 16.5. The van der Waals surface area contributed by atoms with Crippen LogP contribution in [0.15, 0.2) is 18.2 Å². The number of benzene rings is 1. The van der Waals surface area contributed by atoms with E-state index in [1.165, 1.54) is 12.0 Å². The lowest BCUT2D eigenvalue weighted by molar-refractivity contribution is -0.144. The number of piperazine rings is 1. The summed E-state index contributed by atoms with van der Waals surface area (Å²) in [7, 11) is 2.80. The van der Waals surface area contributed by atoms with E-state index in [0.717, 1.165) is 3.57 Å². The second-order valence-corrected chi connectivity index (χ2v) is 6.94. The van der Waals surface area contributed by atoms with E-state index in [2.05, 4.69) is 38.0 Å². The van der Waals surface area contributed by atoms with Crippen LogP contribution in [0.5, 0.6) is 5.75 Å². The third-order valence-corrected chi connectivity index (χ3v) is 4.99. The van der Waals surface area contributed by atoms with Crippen molar-refractivity contribution in [2.75, 3.05) is 27.3 Å². The summed E-state index contributed by atoms with van der Waals surface area (Å²) < 4.78 is 10.6. The highest BCUT2D eigenvalue weighted by atomic mass is 127. The standard InChI is InChI=1S/C16H18IN3O5S/c1-24-12-4-3-9(7-10(12)17)14(22)19-16(26)20-6-5-18-15(23)11(20)8-13(21)25-2/h3-4,7,11H,5-6,8H2,1-2H3,(H,18,23)(H,19,22,26).